The first-order valence-corrected chi connectivity index (χ1v) is 9.97. The van der Waals surface area contributed by atoms with Crippen LogP contribution in [0.5, 0.6) is 0 Å². The average Bonchev–Trinajstić information content (AvgIpc) is 2.96. The first-order chi connectivity index (χ1) is 9.67. The molecule has 0 radical (unpaired) electrons. The number of rotatable bonds is 4. The van der Waals surface area contributed by atoms with Crippen molar-refractivity contribution in [3.05, 3.63) is 22.4 Å². The van der Waals surface area contributed by atoms with Crippen LogP contribution >= 0.6 is 46.1 Å². The lowest BCUT2D eigenvalue weighted by molar-refractivity contribution is -0.719. The van der Waals surface area contributed by atoms with Crippen molar-refractivity contribution in [3.8, 4) is 0 Å². The van der Waals surface area contributed by atoms with Gasteiger partial charge in [0, 0.05) is 6.42 Å². The van der Waals surface area contributed by atoms with Crippen LogP contribution in [-0.4, -0.2) is 41.8 Å². The zero-order valence-corrected chi connectivity index (χ0v) is 14.7. The molecule has 5 nitrogen and oxygen atoms in total. The largest absolute Gasteiger partial charge is 0.320 e. The molecule has 0 bridgehead atoms. The Kier molecular flexibility index (Phi) is 5.44. The molecule has 1 fully saturated rings. The van der Waals surface area contributed by atoms with Gasteiger partial charge in [0.1, 0.15) is 11.8 Å². The number of sulfone groups is 1. The summed E-state index contributed by atoms with van der Waals surface area (Å²) >= 11 is 19.0. The number of carbonyl (C=O) groups is 1. The van der Waals surface area contributed by atoms with E-state index in [1.807, 2.05) is 0 Å². The zero-order chi connectivity index (χ0) is 15.7. The van der Waals surface area contributed by atoms with Crippen molar-refractivity contribution in [1.82, 2.24) is 5.32 Å². The molecular formula is C11H14Cl3N2O3S2+. The molecule has 1 aliphatic heterocycles. The fraction of sp³-hybridized carbons (Fsp3) is 0.545. The van der Waals surface area contributed by atoms with E-state index in [1.54, 1.807) is 22.8 Å². The summed E-state index contributed by atoms with van der Waals surface area (Å²) < 4.78 is 21.2. The van der Waals surface area contributed by atoms with Gasteiger partial charge in [0.2, 0.25) is 6.17 Å². The van der Waals surface area contributed by atoms with Gasteiger partial charge in [-0.05, 0) is 11.4 Å². The molecule has 0 spiro atoms. The second kappa shape index (κ2) is 6.60. The Bertz CT molecular complexity index is 599. The molecule has 1 aromatic rings. The molecule has 2 heterocycles. The summed E-state index contributed by atoms with van der Waals surface area (Å²) in [5.41, 5.74) is 0. The molecule has 2 atom stereocenters. The Morgan fingerprint density at radius 3 is 2.67 bits per heavy atom. The molecule has 0 saturated carbocycles. The highest BCUT2D eigenvalue weighted by Gasteiger charge is 2.42. The fourth-order valence-electron chi connectivity index (χ4n) is 2.11. The molecule has 1 saturated heterocycles. The van der Waals surface area contributed by atoms with Crippen molar-refractivity contribution < 1.29 is 18.5 Å². The van der Waals surface area contributed by atoms with Crippen LogP contribution in [0.15, 0.2) is 17.5 Å². The first kappa shape index (κ1) is 17.3. The molecule has 0 aromatic carbocycles. The number of amides is 1. The molecule has 2 rings (SSSR count). The third kappa shape index (κ3) is 4.97. The normalized spacial score (nSPS) is 22.9. The van der Waals surface area contributed by atoms with Gasteiger partial charge in [-0.25, -0.2) is 8.42 Å². The molecule has 3 N–H and O–H groups in total. The van der Waals surface area contributed by atoms with Gasteiger partial charge in [0.15, 0.2) is 9.84 Å². The molecular weight excluding hydrogens is 379 g/mol. The van der Waals surface area contributed by atoms with Crippen LogP contribution in [0.4, 0.5) is 0 Å². The lowest BCUT2D eigenvalue weighted by atomic mass is 10.2. The molecule has 21 heavy (non-hydrogen) atoms. The average molecular weight is 393 g/mol. The monoisotopic (exact) mass is 391 g/mol. The maximum absolute atomic E-state index is 12.0. The van der Waals surface area contributed by atoms with Gasteiger partial charge in [0.05, 0.1) is 10.6 Å². The number of quaternary nitrogens is 1. The van der Waals surface area contributed by atoms with Gasteiger partial charge in [-0.15, -0.1) is 11.3 Å². The SMILES string of the molecule is O=C(N[C@@H]([NH2+][C@H]1CCS(=O)(=O)C1)C(Cl)(Cl)Cl)c1cccs1. The smallest absolute Gasteiger partial charge is 0.265 e. The van der Waals surface area contributed by atoms with Crippen molar-refractivity contribution in [2.45, 2.75) is 22.4 Å². The van der Waals surface area contributed by atoms with Gasteiger partial charge in [-0.3, -0.25) is 10.1 Å². The highest BCUT2D eigenvalue weighted by Crippen LogP contribution is 2.28. The molecule has 1 aromatic heterocycles. The van der Waals surface area contributed by atoms with E-state index in [-0.39, 0.29) is 23.5 Å². The van der Waals surface area contributed by atoms with Crippen LogP contribution in [-0.2, 0) is 9.84 Å². The lowest BCUT2D eigenvalue weighted by Gasteiger charge is -2.25. The summed E-state index contributed by atoms with van der Waals surface area (Å²) in [4.78, 5) is 12.6. The van der Waals surface area contributed by atoms with Crippen LogP contribution in [0.1, 0.15) is 16.1 Å². The van der Waals surface area contributed by atoms with E-state index < -0.39 is 19.8 Å². The van der Waals surface area contributed by atoms with Crippen molar-refractivity contribution >= 4 is 61.9 Å². The van der Waals surface area contributed by atoms with Crippen LogP contribution in [0.3, 0.4) is 0 Å². The number of alkyl halides is 3. The van der Waals surface area contributed by atoms with E-state index in [1.165, 1.54) is 11.3 Å². The maximum Gasteiger partial charge on any atom is 0.265 e. The van der Waals surface area contributed by atoms with Gasteiger partial charge >= 0.3 is 0 Å². The number of nitrogens with one attached hydrogen (secondary N) is 1. The summed E-state index contributed by atoms with van der Waals surface area (Å²) in [7, 11) is -3.03. The Morgan fingerprint density at radius 2 is 2.19 bits per heavy atom. The van der Waals surface area contributed by atoms with Crippen molar-refractivity contribution in [3.63, 3.8) is 0 Å². The number of halogens is 3. The van der Waals surface area contributed by atoms with Crippen LogP contribution in [0, 0.1) is 0 Å². The van der Waals surface area contributed by atoms with E-state index in [2.05, 4.69) is 5.32 Å². The van der Waals surface area contributed by atoms with Gasteiger partial charge in [0.25, 0.3) is 9.70 Å². The van der Waals surface area contributed by atoms with Crippen molar-refractivity contribution in [2.75, 3.05) is 11.5 Å². The maximum atomic E-state index is 12.0. The Hall–Kier alpha value is -0.0500. The molecule has 1 aliphatic rings. The Morgan fingerprint density at radius 1 is 1.48 bits per heavy atom. The van der Waals surface area contributed by atoms with Gasteiger partial charge in [-0.1, -0.05) is 40.9 Å². The zero-order valence-electron chi connectivity index (χ0n) is 10.8. The van der Waals surface area contributed by atoms with Crippen LogP contribution < -0.4 is 10.6 Å². The number of nitrogens with two attached hydrogens (primary N) is 1. The first-order valence-electron chi connectivity index (χ1n) is 6.14. The minimum Gasteiger partial charge on any atom is -0.320 e. The second-order valence-corrected chi connectivity index (χ2v) is 10.4. The molecule has 0 aliphatic carbocycles. The summed E-state index contributed by atoms with van der Waals surface area (Å²) in [6, 6.07) is 3.19. The fourth-order valence-corrected chi connectivity index (χ4v) is 4.87. The summed E-state index contributed by atoms with van der Waals surface area (Å²) in [5.74, 6) is -0.197. The predicted molar refractivity (Wildman–Crippen MR) is 84.8 cm³/mol. The summed E-state index contributed by atoms with van der Waals surface area (Å²) in [6.07, 6.45) is -0.371. The minimum atomic E-state index is -3.03. The quantitative estimate of drug-likeness (QED) is 0.591. The van der Waals surface area contributed by atoms with E-state index in [4.69, 9.17) is 34.8 Å². The minimum absolute atomic E-state index is 0.0269. The van der Waals surface area contributed by atoms with Gasteiger partial charge < -0.3 is 5.32 Å². The third-order valence-electron chi connectivity index (χ3n) is 3.12. The highest BCUT2D eigenvalue weighted by molar-refractivity contribution is 7.91. The van der Waals surface area contributed by atoms with E-state index >= 15 is 0 Å². The standard InChI is InChI=1S/C11H13Cl3N2O3S2/c12-11(13,14)10(15-7-3-5-21(18,19)6-7)16-9(17)8-2-1-4-20-8/h1-2,4,7,10,15H,3,5-6H2,(H,16,17)/p+1/t7-,10+/m0/s1. The molecule has 0 unspecified atom stereocenters. The van der Waals surface area contributed by atoms with Gasteiger partial charge in [-0.2, -0.15) is 0 Å². The molecule has 10 heteroatoms. The Balaban J connectivity index is 2.04. The number of hydrogen-bond acceptors (Lipinski definition) is 4. The molecule has 1 amide bonds. The predicted octanol–water partition coefficient (Wildman–Crippen LogP) is 0.925. The van der Waals surface area contributed by atoms with Crippen LogP contribution in [0.25, 0.3) is 0 Å². The lowest BCUT2D eigenvalue weighted by Crippen LogP contribution is -3.00. The highest BCUT2D eigenvalue weighted by atomic mass is 35.6. The summed E-state index contributed by atoms with van der Waals surface area (Å²) in [6.45, 7) is 0. The molecule has 118 valence electrons. The van der Waals surface area contributed by atoms with Crippen molar-refractivity contribution in [1.29, 1.82) is 0 Å². The van der Waals surface area contributed by atoms with Crippen LogP contribution in [0.2, 0.25) is 0 Å². The second-order valence-electron chi connectivity index (χ2n) is 4.83. The van der Waals surface area contributed by atoms with Crippen molar-refractivity contribution in [2.24, 2.45) is 0 Å². The number of carbonyl (C=O) groups excluding carboxylic acids is 1. The summed E-state index contributed by atoms with van der Waals surface area (Å²) in [5, 5.41) is 6.02. The number of thiophene rings is 1. The van der Waals surface area contributed by atoms with E-state index in [0.29, 0.717) is 11.3 Å². The Labute approximate surface area is 141 Å². The van der Waals surface area contributed by atoms with E-state index in [0.717, 1.165) is 0 Å². The topological polar surface area (TPSA) is 79.8 Å². The third-order valence-corrected chi connectivity index (χ3v) is 6.48. The number of hydrogen-bond donors (Lipinski definition) is 2. The van der Waals surface area contributed by atoms with E-state index in [9.17, 15) is 13.2 Å².